The van der Waals surface area contributed by atoms with Gasteiger partial charge in [0, 0.05) is 24.0 Å². The Labute approximate surface area is 123 Å². The Hall–Kier alpha value is -2.19. The maximum atomic E-state index is 5.80. The van der Waals surface area contributed by atoms with Crippen molar-refractivity contribution in [1.29, 1.82) is 0 Å². The summed E-state index contributed by atoms with van der Waals surface area (Å²) < 4.78 is 0. The lowest BCUT2D eigenvalue weighted by atomic mass is 10.1. The van der Waals surface area contributed by atoms with Crippen molar-refractivity contribution in [3.8, 4) is 12.0 Å². The zero-order valence-corrected chi connectivity index (χ0v) is 12.5. The minimum absolute atomic E-state index is 0.721. The number of hydrogen-bond donors (Lipinski definition) is 1. The van der Waals surface area contributed by atoms with Gasteiger partial charge in [0.1, 0.15) is 5.82 Å². The van der Waals surface area contributed by atoms with Gasteiger partial charge in [-0.25, -0.2) is 9.97 Å². The summed E-state index contributed by atoms with van der Waals surface area (Å²) in [6, 6.07) is 10.7. The van der Waals surface area contributed by atoms with Crippen LogP contribution >= 0.6 is 11.8 Å². The first kappa shape index (κ1) is 14.2. The Bertz CT molecular complexity index is 673. The van der Waals surface area contributed by atoms with Crippen LogP contribution in [-0.2, 0) is 0 Å². The van der Waals surface area contributed by atoms with Crippen LogP contribution in [0.15, 0.2) is 35.6 Å². The Kier molecular flexibility index (Phi) is 4.49. The quantitative estimate of drug-likeness (QED) is 0.308. The SMILES string of the molecule is CC#CN(c1ccnc(SC)n1)c1ccc(N)cc1C. The molecule has 0 saturated carbocycles. The molecule has 2 aromatic rings. The summed E-state index contributed by atoms with van der Waals surface area (Å²) in [6.07, 6.45) is 3.69. The van der Waals surface area contributed by atoms with Gasteiger partial charge in [0.05, 0.1) is 5.69 Å². The smallest absolute Gasteiger partial charge is 0.189 e. The number of thioether (sulfide) groups is 1. The number of aromatic nitrogens is 2. The van der Waals surface area contributed by atoms with E-state index < -0.39 is 0 Å². The van der Waals surface area contributed by atoms with Gasteiger partial charge >= 0.3 is 0 Å². The maximum absolute atomic E-state index is 5.80. The second kappa shape index (κ2) is 6.31. The molecule has 0 bridgehead atoms. The standard InChI is InChI=1S/C15H16N4S/c1-4-9-19(13-6-5-12(16)10-11(13)2)14-7-8-17-15(18-14)20-3/h5-8,10H,16H2,1-3H3. The molecule has 0 amide bonds. The van der Waals surface area contributed by atoms with E-state index in [9.17, 15) is 0 Å². The minimum Gasteiger partial charge on any atom is -0.399 e. The van der Waals surface area contributed by atoms with Crippen LogP contribution in [0.4, 0.5) is 17.2 Å². The molecule has 0 radical (unpaired) electrons. The number of benzene rings is 1. The van der Waals surface area contributed by atoms with Gasteiger partial charge in [-0.15, -0.1) is 0 Å². The van der Waals surface area contributed by atoms with Crippen molar-refractivity contribution in [3.05, 3.63) is 36.0 Å². The van der Waals surface area contributed by atoms with E-state index in [-0.39, 0.29) is 0 Å². The summed E-state index contributed by atoms with van der Waals surface area (Å²) in [5.74, 6) is 3.68. The van der Waals surface area contributed by atoms with Crippen LogP contribution in [0, 0.1) is 18.9 Å². The van der Waals surface area contributed by atoms with Crippen molar-refractivity contribution in [3.63, 3.8) is 0 Å². The molecular formula is C15H16N4S. The van der Waals surface area contributed by atoms with E-state index in [0.29, 0.717) is 0 Å². The molecule has 0 unspecified atom stereocenters. The molecule has 1 aromatic carbocycles. The third-order valence-corrected chi connectivity index (χ3v) is 3.28. The summed E-state index contributed by atoms with van der Waals surface area (Å²) in [6.45, 7) is 3.81. The summed E-state index contributed by atoms with van der Waals surface area (Å²) in [5, 5.41) is 0.721. The molecule has 0 spiro atoms. The third-order valence-electron chi connectivity index (χ3n) is 2.72. The molecule has 0 saturated heterocycles. The number of rotatable bonds is 3. The molecule has 0 aliphatic rings. The van der Waals surface area contributed by atoms with E-state index in [4.69, 9.17) is 5.73 Å². The van der Waals surface area contributed by atoms with Gasteiger partial charge < -0.3 is 5.73 Å². The third kappa shape index (κ3) is 3.03. The van der Waals surface area contributed by atoms with Gasteiger partial charge in [-0.3, -0.25) is 4.90 Å². The van der Waals surface area contributed by atoms with Crippen LogP contribution < -0.4 is 10.6 Å². The fourth-order valence-corrected chi connectivity index (χ4v) is 2.19. The lowest BCUT2D eigenvalue weighted by molar-refractivity contribution is 0.958. The number of aryl methyl sites for hydroxylation is 1. The first-order valence-electron chi connectivity index (χ1n) is 6.11. The van der Waals surface area contributed by atoms with E-state index >= 15 is 0 Å². The summed E-state index contributed by atoms with van der Waals surface area (Å²) in [5.41, 5.74) is 8.57. The van der Waals surface area contributed by atoms with Crippen LogP contribution in [0.3, 0.4) is 0 Å². The highest BCUT2D eigenvalue weighted by Gasteiger charge is 2.12. The van der Waals surface area contributed by atoms with Crippen molar-refractivity contribution in [2.45, 2.75) is 19.0 Å². The van der Waals surface area contributed by atoms with E-state index in [1.807, 2.05) is 42.3 Å². The molecule has 1 heterocycles. The molecular weight excluding hydrogens is 268 g/mol. The van der Waals surface area contributed by atoms with Crippen molar-refractivity contribution in [2.75, 3.05) is 16.9 Å². The molecule has 0 aliphatic carbocycles. The fraction of sp³-hybridized carbons (Fsp3) is 0.200. The molecule has 0 atom stereocenters. The summed E-state index contributed by atoms with van der Waals surface area (Å²) >= 11 is 1.50. The largest absolute Gasteiger partial charge is 0.399 e. The molecule has 20 heavy (non-hydrogen) atoms. The van der Waals surface area contributed by atoms with E-state index in [1.54, 1.807) is 13.1 Å². The highest BCUT2D eigenvalue weighted by atomic mass is 32.2. The van der Waals surface area contributed by atoms with Gasteiger partial charge in [0.25, 0.3) is 0 Å². The molecule has 5 heteroatoms. The normalized spacial score (nSPS) is 9.75. The number of nitrogens with two attached hydrogens (primary N) is 1. The lowest BCUT2D eigenvalue weighted by Crippen LogP contribution is -2.13. The minimum atomic E-state index is 0.721. The van der Waals surface area contributed by atoms with Crippen LogP contribution in [0.25, 0.3) is 0 Å². The average Bonchev–Trinajstić information content (AvgIpc) is 2.45. The van der Waals surface area contributed by atoms with Gasteiger partial charge in [0.15, 0.2) is 5.16 Å². The second-order valence-corrected chi connectivity index (χ2v) is 4.92. The second-order valence-electron chi connectivity index (χ2n) is 4.14. The van der Waals surface area contributed by atoms with Crippen LogP contribution in [0.2, 0.25) is 0 Å². The number of anilines is 3. The first-order chi connectivity index (χ1) is 9.65. The van der Waals surface area contributed by atoms with Crippen LogP contribution in [-0.4, -0.2) is 16.2 Å². The Balaban J connectivity index is 2.52. The predicted molar refractivity (Wildman–Crippen MR) is 85.0 cm³/mol. The molecule has 102 valence electrons. The van der Waals surface area contributed by atoms with Crippen molar-refractivity contribution >= 4 is 29.0 Å². The van der Waals surface area contributed by atoms with Crippen molar-refractivity contribution < 1.29 is 0 Å². The molecule has 2 rings (SSSR count). The van der Waals surface area contributed by atoms with E-state index in [0.717, 1.165) is 27.9 Å². The van der Waals surface area contributed by atoms with E-state index in [2.05, 4.69) is 21.9 Å². The maximum Gasteiger partial charge on any atom is 0.189 e. The Morgan fingerprint density at radius 2 is 2.10 bits per heavy atom. The molecule has 2 N–H and O–H groups in total. The van der Waals surface area contributed by atoms with Gasteiger partial charge in [-0.1, -0.05) is 17.7 Å². The lowest BCUT2D eigenvalue weighted by Gasteiger charge is -2.19. The molecule has 4 nitrogen and oxygen atoms in total. The van der Waals surface area contributed by atoms with Gasteiger partial charge in [0.2, 0.25) is 0 Å². The summed E-state index contributed by atoms with van der Waals surface area (Å²) in [4.78, 5) is 10.5. The monoisotopic (exact) mass is 284 g/mol. The van der Waals surface area contributed by atoms with Crippen LogP contribution in [0.5, 0.6) is 0 Å². The average molecular weight is 284 g/mol. The highest BCUT2D eigenvalue weighted by Crippen LogP contribution is 2.28. The number of hydrogen-bond acceptors (Lipinski definition) is 5. The molecule has 0 fully saturated rings. The summed E-state index contributed by atoms with van der Waals surface area (Å²) in [7, 11) is 0. The number of nitrogens with zero attached hydrogens (tertiary/aromatic N) is 3. The Morgan fingerprint density at radius 1 is 1.30 bits per heavy atom. The van der Waals surface area contributed by atoms with Gasteiger partial charge in [-0.2, -0.15) is 0 Å². The van der Waals surface area contributed by atoms with Gasteiger partial charge in [-0.05, 0) is 43.9 Å². The zero-order chi connectivity index (χ0) is 14.5. The van der Waals surface area contributed by atoms with Crippen molar-refractivity contribution in [2.24, 2.45) is 0 Å². The molecule has 1 aromatic heterocycles. The fourth-order valence-electron chi connectivity index (χ4n) is 1.84. The van der Waals surface area contributed by atoms with E-state index in [1.165, 1.54) is 11.8 Å². The number of nitrogen functional groups attached to an aromatic ring is 1. The van der Waals surface area contributed by atoms with Crippen LogP contribution in [0.1, 0.15) is 12.5 Å². The first-order valence-corrected chi connectivity index (χ1v) is 7.34. The zero-order valence-electron chi connectivity index (χ0n) is 11.7. The Morgan fingerprint density at radius 3 is 2.75 bits per heavy atom. The molecule has 0 aliphatic heterocycles. The highest BCUT2D eigenvalue weighted by molar-refractivity contribution is 7.98. The predicted octanol–water partition coefficient (Wildman–Crippen LogP) is 3.21. The topological polar surface area (TPSA) is 55.0 Å². The van der Waals surface area contributed by atoms with Crippen molar-refractivity contribution in [1.82, 2.24) is 9.97 Å².